The zero-order valence-electron chi connectivity index (χ0n) is 30.4. The van der Waals surface area contributed by atoms with Crippen molar-refractivity contribution in [3.8, 4) is 33.4 Å². The number of hydrogen-bond donors (Lipinski definition) is 0. The summed E-state index contributed by atoms with van der Waals surface area (Å²) in [4.78, 5) is 2.52. The molecule has 3 aliphatic carbocycles. The fraction of sp³-hybridized carbons (Fsp3) is 0.0943. The van der Waals surface area contributed by atoms with Crippen molar-refractivity contribution in [3.05, 3.63) is 209 Å². The molecule has 0 N–H and O–H groups in total. The van der Waals surface area contributed by atoms with Gasteiger partial charge in [-0.15, -0.1) is 0 Å². The molecule has 0 bridgehead atoms. The predicted molar refractivity (Wildman–Crippen MR) is 227 cm³/mol. The lowest BCUT2D eigenvalue weighted by Gasteiger charge is -2.34. The molecule has 260 valence electrons. The summed E-state index contributed by atoms with van der Waals surface area (Å²) < 4.78 is 6.55. The van der Waals surface area contributed by atoms with Crippen molar-refractivity contribution in [2.45, 2.75) is 31.1 Å². The van der Waals surface area contributed by atoms with E-state index in [9.17, 15) is 0 Å². The number of rotatable bonds is 4. The van der Waals surface area contributed by atoms with Crippen LogP contribution >= 0.6 is 0 Å². The second-order valence-electron chi connectivity index (χ2n) is 15.4. The number of nitrogens with zero attached hydrogens (tertiary/aromatic N) is 1. The second-order valence-corrected chi connectivity index (χ2v) is 15.4. The van der Waals surface area contributed by atoms with Crippen LogP contribution in [0.5, 0.6) is 0 Å². The minimum absolute atomic E-state index is 0.459. The number of aryl methyl sites for hydroxylation is 1. The van der Waals surface area contributed by atoms with Crippen molar-refractivity contribution >= 4 is 39.0 Å². The van der Waals surface area contributed by atoms with Gasteiger partial charge in [0, 0.05) is 16.6 Å². The molecule has 0 saturated carbocycles. The smallest absolute Gasteiger partial charge is 0.137 e. The molecule has 9 aromatic rings. The van der Waals surface area contributed by atoms with E-state index < -0.39 is 5.41 Å². The molecule has 55 heavy (non-hydrogen) atoms. The van der Waals surface area contributed by atoms with Crippen molar-refractivity contribution in [3.63, 3.8) is 0 Å². The first kappa shape index (κ1) is 30.8. The van der Waals surface area contributed by atoms with Crippen LogP contribution in [0, 0.1) is 0 Å². The van der Waals surface area contributed by atoms with Crippen molar-refractivity contribution < 1.29 is 4.42 Å². The summed E-state index contributed by atoms with van der Waals surface area (Å²) >= 11 is 0. The first-order valence-electron chi connectivity index (χ1n) is 19.6. The standard InChI is InChI=1S/C53H37NO/c1-2-18-35(19-3-1)54(48-29-15-31-51-52(48)41-24-9-13-30-50(41)55-51)49-33-47-42(32-43(49)37-25-14-17-34-16-4-5-20-36(34)37)40-23-8-12-28-46(40)53(47)44-26-10-6-21-38(44)39-22-7-11-27-45(39)53/h1-3,6-15,17-19,21-33H,4-5,16,20H2. The Hall–Kier alpha value is -6.64. The third kappa shape index (κ3) is 4.20. The number of fused-ring (bicyclic) bond motifs is 14. The van der Waals surface area contributed by atoms with Crippen LogP contribution in [0.25, 0.3) is 55.3 Å². The Morgan fingerprint density at radius 2 is 1.02 bits per heavy atom. The highest BCUT2D eigenvalue weighted by Crippen LogP contribution is 2.64. The summed E-state index contributed by atoms with van der Waals surface area (Å²) in [5.41, 5.74) is 21.0. The molecule has 0 fully saturated rings. The number of furan rings is 1. The summed E-state index contributed by atoms with van der Waals surface area (Å²) in [7, 11) is 0. The van der Waals surface area contributed by atoms with E-state index in [0.717, 1.165) is 46.2 Å². The molecule has 3 aliphatic rings. The Balaban J connectivity index is 1.25. The fourth-order valence-electron chi connectivity index (χ4n) is 10.5. The summed E-state index contributed by atoms with van der Waals surface area (Å²) in [6, 6.07) is 65.4. The van der Waals surface area contributed by atoms with E-state index in [1.54, 1.807) is 0 Å². The van der Waals surface area contributed by atoms with E-state index in [1.165, 1.54) is 85.3 Å². The zero-order chi connectivity index (χ0) is 36.1. The molecule has 0 saturated heterocycles. The number of para-hydroxylation sites is 2. The van der Waals surface area contributed by atoms with Crippen LogP contribution in [0.2, 0.25) is 0 Å². The molecule has 1 spiro atoms. The molecule has 2 heteroatoms. The molecule has 0 radical (unpaired) electrons. The molecule has 8 aromatic carbocycles. The highest BCUT2D eigenvalue weighted by Gasteiger charge is 2.52. The monoisotopic (exact) mass is 703 g/mol. The SMILES string of the molecule is c1ccc(N(c2cc3c(cc2-c2cccc4c2CCCC4)-c2ccccc2C32c3ccccc3-c3ccccc32)c2cccc3oc4ccccc4c23)cc1. The van der Waals surface area contributed by atoms with Crippen LogP contribution in [0.4, 0.5) is 17.1 Å². The Morgan fingerprint density at radius 3 is 1.78 bits per heavy atom. The Morgan fingerprint density at radius 1 is 0.418 bits per heavy atom. The summed E-state index contributed by atoms with van der Waals surface area (Å²) in [6.07, 6.45) is 4.68. The van der Waals surface area contributed by atoms with E-state index in [0.29, 0.717) is 0 Å². The Bertz CT molecular complexity index is 2960. The molecule has 0 atom stereocenters. The van der Waals surface area contributed by atoms with Gasteiger partial charge in [0.1, 0.15) is 11.2 Å². The predicted octanol–water partition coefficient (Wildman–Crippen LogP) is 13.9. The summed E-state index contributed by atoms with van der Waals surface area (Å²) in [5, 5.41) is 2.24. The number of benzene rings is 8. The third-order valence-electron chi connectivity index (χ3n) is 12.7. The van der Waals surface area contributed by atoms with E-state index in [-0.39, 0.29) is 0 Å². The van der Waals surface area contributed by atoms with Gasteiger partial charge in [0.15, 0.2) is 0 Å². The lowest BCUT2D eigenvalue weighted by atomic mass is 9.70. The molecule has 1 heterocycles. The van der Waals surface area contributed by atoms with E-state index >= 15 is 0 Å². The lowest BCUT2D eigenvalue weighted by molar-refractivity contribution is 0.669. The highest BCUT2D eigenvalue weighted by molar-refractivity contribution is 6.14. The molecule has 1 aromatic heterocycles. The van der Waals surface area contributed by atoms with Crippen LogP contribution in [0.15, 0.2) is 180 Å². The summed E-state index contributed by atoms with van der Waals surface area (Å²) in [5.74, 6) is 0. The van der Waals surface area contributed by atoms with Crippen LogP contribution in [0.1, 0.15) is 46.2 Å². The van der Waals surface area contributed by atoms with Gasteiger partial charge >= 0.3 is 0 Å². The zero-order valence-corrected chi connectivity index (χ0v) is 30.4. The van der Waals surface area contributed by atoms with Gasteiger partial charge in [-0.1, -0.05) is 133 Å². The highest BCUT2D eigenvalue weighted by atomic mass is 16.3. The Kier molecular flexibility index (Phi) is 6.54. The second kappa shape index (κ2) is 11.7. The summed E-state index contributed by atoms with van der Waals surface area (Å²) in [6.45, 7) is 0. The van der Waals surface area contributed by atoms with Crippen LogP contribution < -0.4 is 4.90 Å². The molecule has 2 nitrogen and oxygen atoms in total. The van der Waals surface area contributed by atoms with Crippen molar-refractivity contribution in [2.24, 2.45) is 0 Å². The largest absolute Gasteiger partial charge is 0.456 e. The van der Waals surface area contributed by atoms with Gasteiger partial charge in [0.25, 0.3) is 0 Å². The van der Waals surface area contributed by atoms with E-state index in [1.807, 2.05) is 0 Å². The maximum absolute atomic E-state index is 6.55. The molecule has 0 unspecified atom stereocenters. The minimum atomic E-state index is -0.459. The van der Waals surface area contributed by atoms with Crippen LogP contribution in [-0.2, 0) is 18.3 Å². The van der Waals surface area contributed by atoms with Gasteiger partial charge in [0.2, 0.25) is 0 Å². The lowest BCUT2D eigenvalue weighted by Crippen LogP contribution is -2.26. The fourth-order valence-corrected chi connectivity index (χ4v) is 10.5. The van der Waals surface area contributed by atoms with Crippen molar-refractivity contribution in [2.75, 3.05) is 4.90 Å². The first-order valence-corrected chi connectivity index (χ1v) is 19.6. The van der Waals surface area contributed by atoms with Gasteiger partial charge < -0.3 is 9.32 Å². The molecule has 12 rings (SSSR count). The van der Waals surface area contributed by atoms with Gasteiger partial charge in [-0.25, -0.2) is 0 Å². The maximum Gasteiger partial charge on any atom is 0.137 e. The number of hydrogen-bond acceptors (Lipinski definition) is 2. The van der Waals surface area contributed by atoms with Gasteiger partial charge in [0.05, 0.1) is 22.2 Å². The molecule has 0 aliphatic heterocycles. The number of anilines is 3. The average Bonchev–Trinajstić information content (AvgIpc) is 3.88. The van der Waals surface area contributed by atoms with Crippen molar-refractivity contribution in [1.82, 2.24) is 0 Å². The van der Waals surface area contributed by atoms with Gasteiger partial charge in [-0.3, -0.25) is 0 Å². The molecular weight excluding hydrogens is 667 g/mol. The average molecular weight is 704 g/mol. The van der Waals surface area contributed by atoms with Gasteiger partial charge in [-0.05, 0) is 129 Å². The molecule has 0 amide bonds. The third-order valence-corrected chi connectivity index (χ3v) is 12.7. The van der Waals surface area contributed by atoms with E-state index in [2.05, 4.69) is 181 Å². The minimum Gasteiger partial charge on any atom is -0.456 e. The van der Waals surface area contributed by atoms with Crippen LogP contribution in [0.3, 0.4) is 0 Å². The van der Waals surface area contributed by atoms with Crippen LogP contribution in [-0.4, -0.2) is 0 Å². The quantitative estimate of drug-likeness (QED) is 0.181. The Labute approximate surface area is 320 Å². The molecular formula is C53H37NO. The van der Waals surface area contributed by atoms with Gasteiger partial charge in [-0.2, -0.15) is 0 Å². The first-order chi connectivity index (χ1) is 27.3. The topological polar surface area (TPSA) is 16.4 Å². The van der Waals surface area contributed by atoms with Crippen molar-refractivity contribution in [1.29, 1.82) is 0 Å². The van der Waals surface area contributed by atoms with E-state index in [4.69, 9.17) is 4.42 Å². The normalized spacial score (nSPS) is 14.4. The maximum atomic E-state index is 6.55.